The van der Waals surface area contributed by atoms with Crippen LogP contribution in [0.4, 0.5) is 4.79 Å². The van der Waals surface area contributed by atoms with Gasteiger partial charge in [-0.2, -0.15) is 0 Å². The van der Waals surface area contributed by atoms with E-state index in [0.29, 0.717) is 0 Å². The molecule has 0 spiro atoms. The quantitative estimate of drug-likeness (QED) is 0.581. The van der Waals surface area contributed by atoms with E-state index >= 15 is 0 Å². The van der Waals surface area contributed by atoms with Crippen molar-refractivity contribution in [2.24, 2.45) is 5.92 Å². The summed E-state index contributed by atoms with van der Waals surface area (Å²) in [5, 5.41) is 0. The van der Waals surface area contributed by atoms with Crippen LogP contribution in [0.25, 0.3) is 0 Å². The Kier molecular flexibility index (Phi) is 9.46. The van der Waals surface area contributed by atoms with Gasteiger partial charge in [0.15, 0.2) is 0 Å². The number of esters is 1. The van der Waals surface area contributed by atoms with Crippen LogP contribution in [-0.2, 0) is 25.6 Å². The van der Waals surface area contributed by atoms with Gasteiger partial charge in [0.25, 0.3) is 0 Å². The van der Waals surface area contributed by atoms with Gasteiger partial charge >= 0.3 is 12.1 Å². The molecule has 158 valence electrons. The SMILES string of the molecule is CC[C@H](C)[C@H]([C@@H](CC(=O)OC(C)(C)C)OC)N(C)C(=O)OCc1ccccc1. The van der Waals surface area contributed by atoms with E-state index in [1.165, 1.54) is 4.90 Å². The van der Waals surface area contributed by atoms with Gasteiger partial charge in [-0.15, -0.1) is 0 Å². The van der Waals surface area contributed by atoms with Crippen molar-refractivity contribution < 1.29 is 23.8 Å². The summed E-state index contributed by atoms with van der Waals surface area (Å²) in [6.07, 6.45) is -0.0340. The third-order valence-electron chi connectivity index (χ3n) is 4.64. The number of carbonyl (C=O) groups is 2. The van der Waals surface area contributed by atoms with Gasteiger partial charge in [0.1, 0.15) is 12.2 Å². The summed E-state index contributed by atoms with van der Waals surface area (Å²) in [5.41, 5.74) is 0.350. The van der Waals surface area contributed by atoms with Crippen molar-refractivity contribution in [2.45, 2.75) is 71.8 Å². The molecule has 0 aliphatic carbocycles. The minimum Gasteiger partial charge on any atom is -0.460 e. The highest BCUT2D eigenvalue weighted by molar-refractivity contribution is 5.71. The molecule has 6 heteroatoms. The van der Waals surface area contributed by atoms with Gasteiger partial charge in [-0.05, 0) is 32.3 Å². The van der Waals surface area contributed by atoms with Gasteiger partial charge < -0.3 is 19.1 Å². The van der Waals surface area contributed by atoms with Gasteiger partial charge in [-0.1, -0.05) is 50.6 Å². The fourth-order valence-corrected chi connectivity index (χ4v) is 3.07. The fourth-order valence-electron chi connectivity index (χ4n) is 3.07. The van der Waals surface area contributed by atoms with Crippen LogP contribution in [0.15, 0.2) is 30.3 Å². The van der Waals surface area contributed by atoms with Gasteiger partial charge in [-0.25, -0.2) is 4.79 Å². The van der Waals surface area contributed by atoms with Crippen LogP contribution in [0.2, 0.25) is 0 Å². The summed E-state index contributed by atoms with van der Waals surface area (Å²) in [7, 11) is 3.23. The first kappa shape index (κ1) is 24.0. The molecule has 1 aromatic carbocycles. The Labute approximate surface area is 169 Å². The van der Waals surface area contributed by atoms with Crippen LogP contribution in [0, 0.1) is 5.92 Å². The number of ether oxygens (including phenoxy) is 3. The van der Waals surface area contributed by atoms with Crippen LogP contribution in [0.5, 0.6) is 0 Å². The molecule has 0 saturated heterocycles. The first-order valence-corrected chi connectivity index (χ1v) is 9.77. The molecule has 1 rings (SSSR count). The highest BCUT2D eigenvalue weighted by atomic mass is 16.6. The predicted octanol–water partition coefficient (Wildman–Crippen LogP) is 4.42. The second kappa shape index (κ2) is 11.1. The van der Waals surface area contributed by atoms with E-state index in [2.05, 4.69) is 0 Å². The second-order valence-electron chi connectivity index (χ2n) is 8.09. The lowest BCUT2D eigenvalue weighted by atomic mass is 9.91. The monoisotopic (exact) mass is 393 g/mol. The molecule has 28 heavy (non-hydrogen) atoms. The third-order valence-corrected chi connectivity index (χ3v) is 4.64. The molecule has 0 saturated carbocycles. The van der Waals surface area contributed by atoms with Crippen LogP contribution in [0.3, 0.4) is 0 Å². The number of hydrogen-bond donors (Lipinski definition) is 0. The summed E-state index contributed by atoms with van der Waals surface area (Å²) in [5.74, 6) is -0.236. The average molecular weight is 394 g/mol. The fraction of sp³-hybridized carbons (Fsp3) is 0.636. The zero-order valence-corrected chi connectivity index (χ0v) is 18.2. The van der Waals surface area contributed by atoms with Crippen molar-refractivity contribution in [3.8, 4) is 0 Å². The van der Waals surface area contributed by atoms with Crippen LogP contribution in [0.1, 0.15) is 53.0 Å². The molecule has 6 nitrogen and oxygen atoms in total. The number of methoxy groups -OCH3 is 1. The number of amides is 1. The van der Waals surface area contributed by atoms with E-state index in [4.69, 9.17) is 14.2 Å². The van der Waals surface area contributed by atoms with Crippen LogP contribution < -0.4 is 0 Å². The first-order chi connectivity index (χ1) is 13.1. The Morgan fingerprint density at radius 3 is 2.25 bits per heavy atom. The van der Waals surface area contributed by atoms with E-state index in [-0.39, 0.29) is 31.0 Å². The van der Waals surface area contributed by atoms with E-state index in [0.717, 1.165) is 12.0 Å². The maximum atomic E-state index is 12.6. The van der Waals surface area contributed by atoms with Gasteiger partial charge in [0.05, 0.1) is 18.6 Å². The number of nitrogens with zero attached hydrogens (tertiary/aromatic N) is 1. The smallest absolute Gasteiger partial charge is 0.410 e. The first-order valence-electron chi connectivity index (χ1n) is 9.77. The molecular formula is C22H35NO5. The van der Waals surface area contributed by atoms with Crippen molar-refractivity contribution in [1.82, 2.24) is 4.90 Å². The van der Waals surface area contributed by atoms with Crippen LogP contribution >= 0.6 is 0 Å². The largest absolute Gasteiger partial charge is 0.460 e. The zero-order valence-electron chi connectivity index (χ0n) is 18.2. The summed E-state index contributed by atoms with van der Waals surface area (Å²) in [6.45, 7) is 9.75. The van der Waals surface area contributed by atoms with Gasteiger partial charge in [0.2, 0.25) is 0 Å². The lowest BCUT2D eigenvalue weighted by Crippen LogP contribution is -2.50. The number of likely N-dealkylation sites (N-methyl/N-ethyl adjacent to an activating group) is 1. The normalized spacial score (nSPS) is 14.7. The average Bonchev–Trinajstić information content (AvgIpc) is 2.64. The zero-order chi connectivity index (χ0) is 21.3. The van der Waals surface area contributed by atoms with Gasteiger partial charge in [-0.3, -0.25) is 4.79 Å². The van der Waals surface area contributed by atoms with Crippen molar-refractivity contribution in [3.63, 3.8) is 0 Å². The topological polar surface area (TPSA) is 65.1 Å². The molecule has 1 amide bonds. The molecule has 0 aliphatic rings. The second-order valence-corrected chi connectivity index (χ2v) is 8.09. The molecule has 0 fully saturated rings. The molecule has 0 heterocycles. The highest BCUT2D eigenvalue weighted by Crippen LogP contribution is 2.23. The molecule has 0 aliphatic heterocycles. The summed E-state index contributed by atoms with van der Waals surface area (Å²) >= 11 is 0. The molecule has 0 aromatic heterocycles. The van der Waals surface area contributed by atoms with E-state index in [9.17, 15) is 9.59 Å². The number of carbonyl (C=O) groups excluding carboxylic acids is 2. The van der Waals surface area contributed by atoms with E-state index in [1.54, 1.807) is 14.2 Å². The molecule has 0 unspecified atom stereocenters. The molecule has 0 N–H and O–H groups in total. The Morgan fingerprint density at radius 2 is 1.75 bits per heavy atom. The molecular weight excluding hydrogens is 358 g/mol. The lowest BCUT2D eigenvalue weighted by Gasteiger charge is -2.37. The highest BCUT2D eigenvalue weighted by Gasteiger charge is 2.35. The summed E-state index contributed by atoms with van der Waals surface area (Å²) < 4.78 is 16.5. The molecule has 0 radical (unpaired) electrons. The predicted molar refractivity (Wildman–Crippen MR) is 109 cm³/mol. The maximum absolute atomic E-state index is 12.6. The minimum absolute atomic E-state index is 0.0685. The molecule has 1 aromatic rings. The summed E-state index contributed by atoms with van der Waals surface area (Å²) in [4.78, 5) is 26.5. The Morgan fingerprint density at radius 1 is 1.14 bits per heavy atom. The van der Waals surface area contributed by atoms with E-state index < -0.39 is 17.8 Å². The number of benzene rings is 1. The van der Waals surface area contributed by atoms with E-state index in [1.807, 2.05) is 65.0 Å². The summed E-state index contributed by atoms with van der Waals surface area (Å²) in [6, 6.07) is 9.20. The van der Waals surface area contributed by atoms with Crippen LogP contribution in [-0.4, -0.2) is 48.9 Å². The third kappa shape index (κ3) is 7.89. The molecule has 3 atom stereocenters. The number of rotatable bonds is 9. The van der Waals surface area contributed by atoms with Gasteiger partial charge in [0, 0.05) is 14.2 Å². The number of hydrogen-bond acceptors (Lipinski definition) is 5. The Bertz CT molecular complexity index is 611. The van der Waals surface area contributed by atoms with Crippen molar-refractivity contribution in [3.05, 3.63) is 35.9 Å². The maximum Gasteiger partial charge on any atom is 0.410 e. The van der Waals surface area contributed by atoms with Crippen molar-refractivity contribution in [2.75, 3.05) is 14.2 Å². The standard InChI is InChI=1S/C22H35NO5/c1-8-16(2)20(18(26-7)14-19(24)28-22(3,4)5)23(6)21(25)27-15-17-12-10-9-11-13-17/h9-13,16,18,20H,8,14-15H2,1-7H3/t16-,18+,20+/m0/s1. The van der Waals surface area contributed by atoms with Crippen molar-refractivity contribution in [1.29, 1.82) is 0 Å². The lowest BCUT2D eigenvalue weighted by molar-refractivity contribution is -0.159. The Balaban J connectivity index is 2.85. The minimum atomic E-state index is -0.568. The molecule has 0 bridgehead atoms. The Hall–Kier alpha value is -2.08. The van der Waals surface area contributed by atoms with Crippen molar-refractivity contribution >= 4 is 12.1 Å².